The quantitative estimate of drug-likeness (QED) is 0.385. The van der Waals surface area contributed by atoms with Gasteiger partial charge in [-0.15, -0.1) is 6.42 Å². The second-order valence-electron chi connectivity index (χ2n) is 5.71. The Labute approximate surface area is 155 Å². The molecule has 1 fully saturated rings. The first-order valence-electron chi connectivity index (χ1n) is 8.66. The lowest BCUT2D eigenvalue weighted by Gasteiger charge is -2.34. The zero-order valence-electron chi connectivity index (χ0n) is 15.1. The first-order valence-corrected chi connectivity index (χ1v) is 10.3. The number of hydrogen-bond acceptors (Lipinski definition) is 5. The number of nitrogens with one attached hydrogen (secondary N) is 2. The summed E-state index contributed by atoms with van der Waals surface area (Å²) < 4.78 is 26.6. The van der Waals surface area contributed by atoms with E-state index in [0.717, 1.165) is 5.82 Å². The van der Waals surface area contributed by atoms with Crippen LogP contribution in [0, 0.1) is 12.3 Å². The highest BCUT2D eigenvalue weighted by Crippen LogP contribution is 2.14. The predicted octanol–water partition coefficient (Wildman–Crippen LogP) is -0.278. The lowest BCUT2D eigenvalue weighted by molar-refractivity contribution is 0.384. The summed E-state index contributed by atoms with van der Waals surface area (Å²) in [7, 11) is -3.34. The minimum Gasteiger partial charge on any atom is -0.357 e. The Balaban J connectivity index is 1.85. The number of guanidine groups is 1. The lowest BCUT2D eigenvalue weighted by Crippen LogP contribution is -2.49. The first kappa shape index (κ1) is 20.0. The number of anilines is 1. The van der Waals surface area contributed by atoms with Gasteiger partial charge in [0, 0.05) is 38.9 Å². The molecule has 8 nitrogen and oxygen atoms in total. The van der Waals surface area contributed by atoms with E-state index in [1.165, 1.54) is 4.31 Å². The maximum absolute atomic E-state index is 12.5. The highest BCUT2D eigenvalue weighted by molar-refractivity contribution is 7.89. The monoisotopic (exact) mass is 378 g/mol. The number of nitrogens with zero attached hydrogens (tertiary/aromatic N) is 4. The molecule has 142 valence electrons. The molecule has 2 N–H and O–H groups in total. The smallest absolute Gasteiger partial charge is 0.216 e. The van der Waals surface area contributed by atoms with Gasteiger partial charge in [-0.3, -0.25) is 4.99 Å². The Hall–Kier alpha value is -2.31. The number of sulfonamides is 1. The zero-order valence-corrected chi connectivity index (χ0v) is 15.9. The topological polar surface area (TPSA) is 89.9 Å². The normalized spacial score (nSPS) is 16.2. The molecule has 0 aliphatic carbocycles. The molecule has 1 aliphatic rings. The summed E-state index contributed by atoms with van der Waals surface area (Å²) in [4.78, 5) is 10.7. The molecule has 1 aromatic heterocycles. The maximum Gasteiger partial charge on any atom is 0.216 e. The molecule has 1 aliphatic heterocycles. The van der Waals surface area contributed by atoms with Crippen LogP contribution in [-0.4, -0.2) is 75.2 Å². The van der Waals surface area contributed by atoms with Gasteiger partial charge in [0.05, 0.1) is 18.8 Å². The molecule has 0 aromatic carbocycles. The van der Waals surface area contributed by atoms with E-state index >= 15 is 0 Å². The van der Waals surface area contributed by atoms with Crippen LogP contribution >= 0.6 is 0 Å². The molecule has 0 spiro atoms. The molecular weight excluding hydrogens is 352 g/mol. The van der Waals surface area contributed by atoms with Crippen LogP contribution in [0.1, 0.15) is 6.92 Å². The molecule has 0 radical (unpaired) electrons. The average Bonchev–Trinajstić information content (AvgIpc) is 2.67. The van der Waals surface area contributed by atoms with Gasteiger partial charge < -0.3 is 15.5 Å². The van der Waals surface area contributed by atoms with Gasteiger partial charge in [-0.05, 0) is 19.1 Å². The van der Waals surface area contributed by atoms with E-state index in [4.69, 9.17) is 6.42 Å². The van der Waals surface area contributed by atoms with E-state index in [9.17, 15) is 8.42 Å². The Kier molecular flexibility index (Phi) is 7.69. The van der Waals surface area contributed by atoms with Gasteiger partial charge in [0.2, 0.25) is 10.0 Å². The third kappa shape index (κ3) is 5.89. The highest BCUT2D eigenvalue weighted by atomic mass is 32.2. The lowest BCUT2D eigenvalue weighted by atomic mass is 10.3. The van der Waals surface area contributed by atoms with Crippen molar-refractivity contribution in [3.63, 3.8) is 0 Å². The van der Waals surface area contributed by atoms with Gasteiger partial charge in [-0.1, -0.05) is 12.0 Å². The minimum absolute atomic E-state index is 0.0246. The van der Waals surface area contributed by atoms with Crippen molar-refractivity contribution >= 4 is 21.8 Å². The molecule has 1 saturated heterocycles. The number of aliphatic imine (C=N–C) groups is 1. The summed E-state index contributed by atoms with van der Waals surface area (Å²) >= 11 is 0. The van der Waals surface area contributed by atoms with Crippen LogP contribution in [0.15, 0.2) is 29.4 Å². The molecule has 0 amide bonds. The Morgan fingerprint density at radius 2 is 2.08 bits per heavy atom. The SMILES string of the molecule is C#CCNC(=NCCS(=O)(=O)N1CCN(c2ccccn2)CC1)NCC. The molecule has 0 unspecified atom stereocenters. The fourth-order valence-electron chi connectivity index (χ4n) is 2.61. The van der Waals surface area contributed by atoms with E-state index in [2.05, 4.69) is 31.4 Å². The number of hydrogen-bond donors (Lipinski definition) is 2. The van der Waals surface area contributed by atoms with Crippen molar-refractivity contribution in [2.45, 2.75) is 6.92 Å². The molecule has 26 heavy (non-hydrogen) atoms. The van der Waals surface area contributed by atoms with Gasteiger partial charge in [0.25, 0.3) is 0 Å². The Morgan fingerprint density at radius 1 is 1.31 bits per heavy atom. The van der Waals surface area contributed by atoms with Crippen LogP contribution in [0.5, 0.6) is 0 Å². The van der Waals surface area contributed by atoms with Crippen LogP contribution in [0.3, 0.4) is 0 Å². The van der Waals surface area contributed by atoms with Crippen LogP contribution in [0.25, 0.3) is 0 Å². The molecule has 2 heterocycles. The Bertz CT molecular complexity index is 721. The first-order chi connectivity index (χ1) is 12.6. The van der Waals surface area contributed by atoms with E-state index in [-0.39, 0.29) is 12.3 Å². The largest absolute Gasteiger partial charge is 0.357 e. The summed E-state index contributed by atoms with van der Waals surface area (Å²) in [6.07, 6.45) is 6.96. The van der Waals surface area contributed by atoms with Crippen molar-refractivity contribution in [2.75, 3.05) is 56.5 Å². The number of pyridine rings is 1. The van der Waals surface area contributed by atoms with Crippen molar-refractivity contribution < 1.29 is 8.42 Å². The van der Waals surface area contributed by atoms with E-state index in [1.54, 1.807) is 6.20 Å². The van der Waals surface area contributed by atoms with Gasteiger partial charge >= 0.3 is 0 Å². The third-order valence-corrected chi connectivity index (χ3v) is 5.78. The minimum atomic E-state index is -3.34. The van der Waals surface area contributed by atoms with Crippen molar-refractivity contribution in [3.8, 4) is 12.3 Å². The summed E-state index contributed by atoms with van der Waals surface area (Å²) in [5.74, 6) is 3.85. The van der Waals surface area contributed by atoms with Gasteiger partial charge in [0.15, 0.2) is 5.96 Å². The average molecular weight is 379 g/mol. The molecule has 0 saturated carbocycles. The summed E-state index contributed by atoms with van der Waals surface area (Å²) in [6.45, 7) is 5.31. The van der Waals surface area contributed by atoms with Crippen LogP contribution in [0.4, 0.5) is 5.82 Å². The zero-order chi connectivity index (χ0) is 18.8. The highest BCUT2D eigenvalue weighted by Gasteiger charge is 2.26. The second kappa shape index (κ2) is 9.99. The summed E-state index contributed by atoms with van der Waals surface area (Å²) in [5, 5.41) is 5.97. The predicted molar refractivity (Wildman–Crippen MR) is 105 cm³/mol. The summed E-state index contributed by atoms with van der Waals surface area (Å²) in [5.41, 5.74) is 0. The van der Waals surface area contributed by atoms with Gasteiger partial charge in [-0.25, -0.2) is 13.4 Å². The van der Waals surface area contributed by atoms with E-state index < -0.39 is 10.0 Å². The fraction of sp³-hybridized carbons (Fsp3) is 0.529. The van der Waals surface area contributed by atoms with Crippen molar-refractivity contribution in [3.05, 3.63) is 24.4 Å². The third-order valence-electron chi connectivity index (χ3n) is 3.93. The number of aromatic nitrogens is 1. The second-order valence-corrected chi connectivity index (χ2v) is 7.80. The molecule has 0 atom stereocenters. The van der Waals surface area contributed by atoms with Crippen molar-refractivity contribution in [1.82, 2.24) is 19.9 Å². The number of terminal acetylenes is 1. The number of piperazine rings is 1. The van der Waals surface area contributed by atoms with E-state index in [0.29, 0.717) is 45.2 Å². The van der Waals surface area contributed by atoms with Crippen LogP contribution in [-0.2, 0) is 10.0 Å². The summed E-state index contributed by atoms with van der Waals surface area (Å²) in [6, 6.07) is 5.73. The van der Waals surface area contributed by atoms with Gasteiger partial charge in [-0.2, -0.15) is 4.31 Å². The van der Waals surface area contributed by atoms with Crippen LogP contribution in [0.2, 0.25) is 0 Å². The van der Waals surface area contributed by atoms with Gasteiger partial charge in [0.1, 0.15) is 5.82 Å². The van der Waals surface area contributed by atoms with E-state index in [1.807, 2.05) is 25.1 Å². The number of rotatable bonds is 7. The van der Waals surface area contributed by atoms with Crippen LogP contribution < -0.4 is 15.5 Å². The van der Waals surface area contributed by atoms with Crippen molar-refractivity contribution in [2.24, 2.45) is 4.99 Å². The molecule has 1 aromatic rings. The molecular formula is C17H26N6O2S. The standard InChI is InChI=1S/C17H26N6O2S/c1-3-8-20-17(18-4-2)21-10-15-26(24,25)23-13-11-22(12-14-23)16-7-5-6-9-19-16/h1,5-7,9H,4,8,10-15H2,2H3,(H2,18,20,21). The molecule has 0 bridgehead atoms. The fourth-order valence-corrected chi connectivity index (χ4v) is 3.91. The molecule has 9 heteroatoms. The Morgan fingerprint density at radius 3 is 2.69 bits per heavy atom. The van der Waals surface area contributed by atoms with Crippen molar-refractivity contribution in [1.29, 1.82) is 0 Å². The maximum atomic E-state index is 12.5. The molecule has 2 rings (SSSR count).